The van der Waals surface area contributed by atoms with Crippen molar-refractivity contribution >= 4 is 16.8 Å². The zero-order valence-corrected chi connectivity index (χ0v) is 19.7. The first-order valence-electron chi connectivity index (χ1n) is 11.2. The summed E-state index contributed by atoms with van der Waals surface area (Å²) < 4.78 is 16.8. The molecule has 0 N–H and O–H groups in total. The first-order chi connectivity index (χ1) is 15.2. The highest BCUT2D eigenvalue weighted by atomic mass is 16.5. The summed E-state index contributed by atoms with van der Waals surface area (Å²) in [5.41, 5.74) is 2.72. The van der Waals surface area contributed by atoms with Crippen LogP contribution in [0, 0.1) is 11.8 Å². The molecule has 5 heteroatoms. The first-order valence-corrected chi connectivity index (χ1v) is 11.2. The Balaban J connectivity index is 2.03. The number of fused-ring (bicyclic) bond motifs is 1. The minimum absolute atomic E-state index is 0.0761. The predicted molar refractivity (Wildman–Crippen MR) is 128 cm³/mol. The number of Topliss-reactive ketones (excluding diaryl/α,β-unsaturated/α-hetero) is 1. The molecular formula is C27H32O5. The third kappa shape index (κ3) is 5.21. The Morgan fingerprint density at radius 3 is 2.41 bits per heavy atom. The molecule has 1 heterocycles. The number of benzene rings is 2. The van der Waals surface area contributed by atoms with E-state index in [1.54, 1.807) is 26.2 Å². The molecule has 0 saturated carbocycles. The molecule has 2 aromatic carbocycles. The van der Waals surface area contributed by atoms with Gasteiger partial charge < -0.3 is 13.9 Å². The summed E-state index contributed by atoms with van der Waals surface area (Å²) >= 11 is 0. The maximum atomic E-state index is 12.3. The molecule has 0 amide bonds. The van der Waals surface area contributed by atoms with E-state index in [-0.39, 0.29) is 5.78 Å². The van der Waals surface area contributed by atoms with Gasteiger partial charge in [0.1, 0.15) is 17.1 Å². The van der Waals surface area contributed by atoms with Crippen LogP contribution in [-0.2, 0) is 11.2 Å². The monoisotopic (exact) mass is 436 g/mol. The fourth-order valence-corrected chi connectivity index (χ4v) is 3.79. The van der Waals surface area contributed by atoms with Crippen molar-refractivity contribution in [3.8, 4) is 22.6 Å². The second-order valence-electron chi connectivity index (χ2n) is 8.61. The molecule has 5 nitrogen and oxygen atoms in total. The van der Waals surface area contributed by atoms with Gasteiger partial charge >= 0.3 is 5.63 Å². The highest BCUT2D eigenvalue weighted by Gasteiger charge is 2.17. The SMILES string of the molecule is CCC(C)C(C)Cc1ccc(-c2cc(=O)oc3cc(O[C@H](C)C(C)=O)ccc23)c(OC)c1. The van der Waals surface area contributed by atoms with Gasteiger partial charge in [-0.1, -0.05) is 39.3 Å². The van der Waals surface area contributed by atoms with Crippen molar-refractivity contribution in [3.05, 3.63) is 58.4 Å². The number of hydrogen-bond acceptors (Lipinski definition) is 5. The fraction of sp³-hybridized carbons (Fsp3) is 0.407. The molecule has 3 rings (SSSR count). The molecule has 0 fully saturated rings. The standard InChI is InChI=1S/C27H32O5/c1-7-16(2)17(3)12-20-8-10-22(25(13-20)30-6)24-15-27(29)32-26-14-21(9-11-23(24)26)31-19(5)18(4)28/h8-11,13-17,19H,7,12H2,1-6H3/t16?,17?,19-/m1/s1. The molecule has 0 aliphatic carbocycles. The summed E-state index contributed by atoms with van der Waals surface area (Å²) in [5, 5.41) is 0.770. The minimum atomic E-state index is -0.576. The van der Waals surface area contributed by atoms with Gasteiger partial charge in [0.05, 0.1) is 7.11 Å². The molecular weight excluding hydrogens is 404 g/mol. The highest BCUT2D eigenvalue weighted by Crippen LogP contribution is 2.36. The van der Waals surface area contributed by atoms with E-state index >= 15 is 0 Å². The van der Waals surface area contributed by atoms with Gasteiger partial charge in [0, 0.05) is 28.6 Å². The zero-order valence-electron chi connectivity index (χ0n) is 19.7. The number of rotatable bonds is 9. The van der Waals surface area contributed by atoms with Crippen molar-refractivity contribution in [2.75, 3.05) is 7.11 Å². The van der Waals surface area contributed by atoms with Crippen LogP contribution in [0.15, 0.2) is 51.7 Å². The molecule has 0 spiro atoms. The number of carbonyl (C=O) groups is 1. The van der Waals surface area contributed by atoms with Gasteiger partial charge in [-0.05, 0) is 55.9 Å². The Bertz CT molecular complexity index is 1160. The van der Waals surface area contributed by atoms with Crippen LogP contribution in [0.25, 0.3) is 22.1 Å². The number of carbonyl (C=O) groups excluding carboxylic acids is 1. The van der Waals surface area contributed by atoms with Crippen molar-refractivity contribution in [2.45, 2.75) is 53.6 Å². The third-order valence-electron chi connectivity index (χ3n) is 6.33. The minimum Gasteiger partial charge on any atom is -0.496 e. The van der Waals surface area contributed by atoms with E-state index in [2.05, 4.69) is 32.9 Å². The Morgan fingerprint density at radius 2 is 1.75 bits per heavy atom. The number of methoxy groups -OCH3 is 1. The van der Waals surface area contributed by atoms with E-state index in [1.807, 2.05) is 12.1 Å². The van der Waals surface area contributed by atoms with Crippen molar-refractivity contribution in [1.29, 1.82) is 0 Å². The largest absolute Gasteiger partial charge is 0.496 e. The first kappa shape index (κ1) is 23.6. The molecule has 32 heavy (non-hydrogen) atoms. The van der Waals surface area contributed by atoms with Crippen molar-refractivity contribution in [3.63, 3.8) is 0 Å². The summed E-state index contributed by atoms with van der Waals surface area (Å²) in [7, 11) is 1.64. The van der Waals surface area contributed by atoms with Crippen LogP contribution < -0.4 is 15.1 Å². The summed E-state index contributed by atoms with van der Waals surface area (Å²) in [5.74, 6) is 2.33. The molecule has 1 aromatic heterocycles. The molecule has 0 saturated heterocycles. The van der Waals surface area contributed by atoms with Gasteiger partial charge in [-0.3, -0.25) is 4.79 Å². The van der Waals surface area contributed by atoms with Crippen LogP contribution in [0.4, 0.5) is 0 Å². The molecule has 3 aromatic rings. The smallest absolute Gasteiger partial charge is 0.336 e. The molecule has 0 radical (unpaired) electrons. The van der Waals surface area contributed by atoms with E-state index < -0.39 is 11.7 Å². The number of ketones is 1. The van der Waals surface area contributed by atoms with Crippen LogP contribution in [0.3, 0.4) is 0 Å². The van der Waals surface area contributed by atoms with Gasteiger partial charge in [0.2, 0.25) is 0 Å². The second kappa shape index (κ2) is 10.0. The summed E-state index contributed by atoms with van der Waals surface area (Å²) in [6, 6.07) is 12.9. The van der Waals surface area contributed by atoms with Crippen LogP contribution in [0.2, 0.25) is 0 Å². The van der Waals surface area contributed by atoms with Crippen LogP contribution >= 0.6 is 0 Å². The lowest BCUT2D eigenvalue weighted by atomic mass is 9.87. The predicted octanol–water partition coefficient (Wildman–Crippen LogP) is 6.05. The average Bonchev–Trinajstić information content (AvgIpc) is 2.77. The Labute approximate surface area is 189 Å². The highest BCUT2D eigenvalue weighted by molar-refractivity contribution is 5.95. The quantitative estimate of drug-likeness (QED) is 0.382. The summed E-state index contributed by atoms with van der Waals surface area (Å²) in [6.07, 6.45) is 1.55. The van der Waals surface area contributed by atoms with Crippen molar-refractivity contribution in [1.82, 2.24) is 0 Å². The van der Waals surface area contributed by atoms with Crippen molar-refractivity contribution < 1.29 is 18.7 Å². The Kier molecular flexibility index (Phi) is 7.39. The van der Waals surface area contributed by atoms with E-state index in [9.17, 15) is 9.59 Å². The van der Waals surface area contributed by atoms with Gasteiger partial charge in [-0.15, -0.1) is 0 Å². The third-order valence-corrected chi connectivity index (χ3v) is 6.33. The van der Waals surface area contributed by atoms with E-state index in [1.165, 1.54) is 18.6 Å². The van der Waals surface area contributed by atoms with E-state index in [0.717, 1.165) is 35.1 Å². The summed E-state index contributed by atoms with van der Waals surface area (Å²) in [4.78, 5) is 23.8. The zero-order chi connectivity index (χ0) is 23.4. The van der Waals surface area contributed by atoms with E-state index in [0.29, 0.717) is 23.2 Å². The normalized spacial score (nSPS) is 14.1. The van der Waals surface area contributed by atoms with Crippen molar-refractivity contribution in [2.24, 2.45) is 11.8 Å². The Morgan fingerprint density at radius 1 is 1.00 bits per heavy atom. The van der Waals surface area contributed by atoms with E-state index in [4.69, 9.17) is 13.9 Å². The van der Waals surface area contributed by atoms with Crippen LogP contribution in [0.5, 0.6) is 11.5 Å². The number of hydrogen-bond donors (Lipinski definition) is 0. The van der Waals surface area contributed by atoms with Gasteiger partial charge in [0.15, 0.2) is 11.9 Å². The van der Waals surface area contributed by atoms with Crippen LogP contribution in [0.1, 0.15) is 46.6 Å². The second-order valence-corrected chi connectivity index (χ2v) is 8.61. The molecule has 0 aliphatic heterocycles. The molecule has 170 valence electrons. The van der Waals surface area contributed by atoms with Crippen LogP contribution in [-0.4, -0.2) is 19.0 Å². The lowest BCUT2D eigenvalue weighted by Gasteiger charge is -2.19. The lowest BCUT2D eigenvalue weighted by molar-refractivity contribution is -0.122. The maximum Gasteiger partial charge on any atom is 0.336 e. The molecule has 0 bridgehead atoms. The lowest BCUT2D eigenvalue weighted by Crippen LogP contribution is -2.20. The fourth-order valence-electron chi connectivity index (χ4n) is 3.79. The Hall–Kier alpha value is -3.08. The molecule has 0 aliphatic rings. The summed E-state index contributed by atoms with van der Waals surface area (Å²) in [6.45, 7) is 9.93. The number of ether oxygens (including phenoxy) is 2. The topological polar surface area (TPSA) is 65.7 Å². The van der Waals surface area contributed by atoms with Gasteiger partial charge in [0.25, 0.3) is 0 Å². The maximum absolute atomic E-state index is 12.3. The van der Waals surface area contributed by atoms with Gasteiger partial charge in [-0.2, -0.15) is 0 Å². The van der Waals surface area contributed by atoms with Gasteiger partial charge in [-0.25, -0.2) is 4.79 Å². The molecule has 2 unspecified atom stereocenters. The molecule has 3 atom stereocenters. The average molecular weight is 437 g/mol.